The minimum Gasteiger partial charge on any atom is -0.269 e. The van der Waals surface area contributed by atoms with Crippen LogP contribution >= 0.6 is 11.6 Å². The van der Waals surface area contributed by atoms with Crippen molar-refractivity contribution in [3.8, 4) is 0 Å². The molecule has 1 aromatic heterocycles. The molecule has 1 aromatic carbocycles. The second kappa shape index (κ2) is 6.14. The van der Waals surface area contributed by atoms with Crippen molar-refractivity contribution in [2.75, 3.05) is 0 Å². The first-order valence-corrected chi connectivity index (χ1v) is 5.71. The molecule has 1 N–H and O–H groups in total. The van der Waals surface area contributed by atoms with Crippen LogP contribution < -0.4 is 5.48 Å². The van der Waals surface area contributed by atoms with Crippen LogP contribution in [0.2, 0.25) is 5.15 Å². The maximum atomic E-state index is 11.6. The average Bonchev–Trinajstić information content (AvgIpc) is 2.40. The number of carbonyl (C=O) groups excluding carboxylic acids is 1. The maximum Gasteiger partial charge on any atom is 0.276 e. The summed E-state index contributed by atoms with van der Waals surface area (Å²) in [6, 6.07) is 12.7. The van der Waals surface area contributed by atoms with E-state index < -0.39 is 0 Å². The molecule has 2 aromatic rings. The topological polar surface area (TPSA) is 51.2 Å². The molecular weight excluding hydrogens is 252 g/mol. The number of benzene rings is 1. The smallest absolute Gasteiger partial charge is 0.269 e. The van der Waals surface area contributed by atoms with Crippen molar-refractivity contribution >= 4 is 17.5 Å². The van der Waals surface area contributed by atoms with E-state index >= 15 is 0 Å². The van der Waals surface area contributed by atoms with Gasteiger partial charge in [0.15, 0.2) is 0 Å². The standard InChI is InChI=1S/C13H11ClN2O2/c14-12-7-6-11(8-15-12)13(17)16-18-9-10-4-2-1-3-5-10/h1-8H,9H2,(H,16,17). The van der Waals surface area contributed by atoms with Gasteiger partial charge >= 0.3 is 0 Å². The molecule has 0 aliphatic carbocycles. The number of rotatable bonds is 4. The zero-order chi connectivity index (χ0) is 12.8. The summed E-state index contributed by atoms with van der Waals surface area (Å²) in [5.41, 5.74) is 3.72. The molecule has 0 radical (unpaired) electrons. The Morgan fingerprint density at radius 2 is 2.00 bits per heavy atom. The number of aromatic nitrogens is 1. The molecule has 0 fully saturated rings. The van der Waals surface area contributed by atoms with Crippen molar-refractivity contribution in [3.05, 3.63) is 64.9 Å². The molecule has 92 valence electrons. The van der Waals surface area contributed by atoms with Crippen LogP contribution in [0.4, 0.5) is 0 Å². The fourth-order valence-corrected chi connectivity index (χ4v) is 1.44. The van der Waals surface area contributed by atoms with Crippen LogP contribution in [0.5, 0.6) is 0 Å². The van der Waals surface area contributed by atoms with Crippen LogP contribution in [0, 0.1) is 0 Å². The third-order valence-corrected chi connectivity index (χ3v) is 2.46. The van der Waals surface area contributed by atoms with Gasteiger partial charge in [0, 0.05) is 6.20 Å². The Kier molecular flexibility index (Phi) is 4.28. The molecule has 1 heterocycles. The lowest BCUT2D eigenvalue weighted by Gasteiger charge is -2.05. The number of nitrogens with one attached hydrogen (secondary N) is 1. The molecule has 0 saturated heterocycles. The summed E-state index contributed by atoms with van der Waals surface area (Å²) in [5, 5.41) is 0.344. The van der Waals surface area contributed by atoms with Crippen molar-refractivity contribution in [1.29, 1.82) is 0 Å². The summed E-state index contributed by atoms with van der Waals surface area (Å²) in [6.07, 6.45) is 1.39. The Labute approximate surface area is 110 Å². The Bertz CT molecular complexity index is 514. The molecule has 0 bridgehead atoms. The summed E-state index contributed by atoms with van der Waals surface area (Å²) in [6.45, 7) is 0.313. The number of carbonyl (C=O) groups is 1. The molecule has 0 aliphatic heterocycles. The summed E-state index contributed by atoms with van der Waals surface area (Å²) in [7, 11) is 0. The van der Waals surface area contributed by atoms with Crippen LogP contribution in [-0.4, -0.2) is 10.9 Å². The molecular formula is C13H11ClN2O2. The Hall–Kier alpha value is -1.91. The molecule has 0 spiro atoms. The van der Waals surface area contributed by atoms with Gasteiger partial charge in [-0.15, -0.1) is 0 Å². The van der Waals surface area contributed by atoms with Gasteiger partial charge in [-0.05, 0) is 17.7 Å². The minimum atomic E-state index is -0.352. The normalized spacial score (nSPS) is 10.1. The highest BCUT2D eigenvalue weighted by molar-refractivity contribution is 6.29. The van der Waals surface area contributed by atoms with Crippen LogP contribution in [0.25, 0.3) is 0 Å². The first-order valence-electron chi connectivity index (χ1n) is 5.33. The van der Waals surface area contributed by atoms with Crippen LogP contribution in [0.15, 0.2) is 48.7 Å². The summed E-state index contributed by atoms with van der Waals surface area (Å²) in [4.78, 5) is 20.5. The highest BCUT2D eigenvalue weighted by Crippen LogP contribution is 2.05. The maximum absolute atomic E-state index is 11.6. The van der Waals surface area contributed by atoms with Crippen LogP contribution in [0.3, 0.4) is 0 Å². The lowest BCUT2D eigenvalue weighted by molar-refractivity contribution is 0.0233. The van der Waals surface area contributed by atoms with Crippen LogP contribution in [0.1, 0.15) is 15.9 Å². The highest BCUT2D eigenvalue weighted by Gasteiger charge is 2.05. The molecule has 18 heavy (non-hydrogen) atoms. The summed E-state index contributed by atoms with van der Waals surface area (Å²) >= 11 is 5.63. The number of hydrogen-bond donors (Lipinski definition) is 1. The van der Waals surface area contributed by atoms with E-state index in [4.69, 9.17) is 16.4 Å². The van der Waals surface area contributed by atoms with E-state index in [0.29, 0.717) is 17.3 Å². The fraction of sp³-hybridized carbons (Fsp3) is 0.0769. The Morgan fingerprint density at radius 3 is 2.67 bits per heavy atom. The first kappa shape index (κ1) is 12.5. The highest BCUT2D eigenvalue weighted by atomic mass is 35.5. The number of hydrogen-bond acceptors (Lipinski definition) is 3. The number of hydroxylamine groups is 1. The fourth-order valence-electron chi connectivity index (χ4n) is 1.33. The quantitative estimate of drug-likeness (QED) is 0.681. The minimum absolute atomic E-state index is 0.313. The molecule has 0 unspecified atom stereocenters. The SMILES string of the molecule is O=C(NOCc1ccccc1)c1ccc(Cl)nc1. The van der Waals surface area contributed by atoms with Gasteiger partial charge in [0.25, 0.3) is 5.91 Å². The van der Waals surface area contributed by atoms with E-state index in [1.165, 1.54) is 6.20 Å². The van der Waals surface area contributed by atoms with Gasteiger partial charge in [0.05, 0.1) is 12.2 Å². The van der Waals surface area contributed by atoms with E-state index in [2.05, 4.69) is 10.5 Å². The van der Waals surface area contributed by atoms with E-state index in [1.807, 2.05) is 30.3 Å². The van der Waals surface area contributed by atoms with Gasteiger partial charge in [-0.25, -0.2) is 10.5 Å². The Balaban J connectivity index is 1.84. The number of halogens is 1. The van der Waals surface area contributed by atoms with Gasteiger partial charge in [0.1, 0.15) is 5.15 Å². The van der Waals surface area contributed by atoms with Crippen molar-refractivity contribution in [1.82, 2.24) is 10.5 Å². The predicted octanol–water partition coefficient (Wildman–Crippen LogP) is 2.60. The second-order valence-electron chi connectivity index (χ2n) is 3.58. The van der Waals surface area contributed by atoms with Crippen molar-refractivity contribution in [2.24, 2.45) is 0 Å². The van der Waals surface area contributed by atoms with Crippen LogP contribution in [-0.2, 0) is 11.4 Å². The van der Waals surface area contributed by atoms with E-state index in [1.54, 1.807) is 12.1 Å². The number of pyridine rings is 1. The molecule has 2 rings (SSSR count). The zero-order valence-electron chi connectivity index (χ0n) is 9.47. The summed E-state index contributed by atoms with van der Waals surface area (Å²) in [5.74, 6) is -0.352. The van der Waals surface area contributed by atoms with Gasteiger partial charge in [-0.2, -0.15) is 0 Å². The molecule has 4 nitrogen and oxygen atoms in total. The van der Waals surface area contributed by atoms with Crippen molar-refractivity contribution < 1.29 is 9.63 Å². The number of amides is 1. The summed E-state index contributed by atoms with van der Waals surface area (Å²) < 4.78 is 0. The monoisotopic (exact) mass is 262 g/mol. The number of nitrogens with zero attached hydrogens (tertiary/aromatic N) is 1. The van der Waals surface area contributed by atoms with Gasteiger partial charge in [-0.3, -0.25) is 9.63 Å². The lowest BCUT2D eigenvalue weighted by Crippen LogP contribution is -2.23. The average molecular weight is 263 g/mol. The Morgan fingerprint density at radius 1 is 1.22 bits per heavy atom. The largest absolute Gasteiger partial charge is 0.276 e. The van der Waals surface area contributed by atoms with Gasteiger partial charge in [0.2, 0.25) is 0 Å². The van der Waals surface area contributed by atoms with E-state index in [0.717, 1.165) is 5.56 Å². The molecule has 5 heteroatoms. The molecule has 0 atom stereocenters. The zero-order valence-corrected chi connectivity index (χ0v) is 10.2. The van der Waals surface area contributed by atoms with Crippen molar-refractivity contribution in [2.45, 2.75) is 6.61 Å². The van der Waals surface area contributed by atoms with Crippen molar-refractivity contribution in [3.63, 3.8) is 0 Å². The lowest BCUT2D eigenvalue weighted by atomic mass is 10.2. The van der Waals surface area contributed by atoms with Gasteiger partial charge in [-0.1, -0.05) is 41.9 Å². The second-order valence-corrected chi connectivity index (χ2v) is 3.96. The van der Waals surface area contributed by atoms with Gasteiger partial charge < -0.3 is 0 Å². The molecule has 1 amide bonds. The van der Waals surface area contributed by atoms with E-state index in [9.17, 15) is 4.79 Å². The first-order chi connectivity index (χ1) is 8.75. The predicted molar refractivity (Wildman–Crippen MR) is 67.9 cm³/mol. The van der Waals surface area contributed by atoms with E-state index in [-0.39, 0.29) is 5.91 Å². The third-order valence-electron chi connectivity index (χ3n) is 2.24. The third kappa shape index (κ3) is 3.55. The molecule has 0 aliphatic rings. The molecule has 0 saturated carbocycles.